The summed E-state index contributed by atoms with van der Waals surface area (Å²) in [5.41, 5.74) is 0. The summed E-state index contributed by atoms with van der Waals surface area (Å²) in [5.74, 6) is 1.99. The predicted octanol–water partition coefficient (Wildman–Crippen LogP) is 1.24. The minimum Gasteiger partial charge on any atom is -0.379 e. The first kappa shape index (κ1) is 24.8. The molecule has 1 atom stereocenters. The number of carbonyl (C=O) groups excluding carboxylic acids is 1. The summed E-state index contributed by atoms with van der Waals surface area (Å²) in [6, 6.07) is 0. The van der Waals surface area contributed by atoms with Crippen molar-refractivity contribution in [3.05, 3.63) is 0 Å². The first-order valence-corrected chi connectivity index (χ1v) is 10.6. The van der Waals surface area contributed by atoms with Crippen molar-refractivity contribution < 1.29 is 9.53 Å². The van der Waals surface area contributed by atoms with Crippen LogP contribution >= 0.6 is 35.7 Å². The molecular formula is C18H36IN5O2S. The van der Waals surface area contributed by atoms with E-state index in [1.165, 1.54) is 18.6 Å². The van der Waals surface area contributed by atoms with Gasteiger partial charge in [-0.25, -0.2) is 4.99 Å². The third kappa shape index (κ3) is 9.67. The molecule has 2 heterocycles. The average Bonchev–Trinajstić information content (AvgIpc) is 3.07. The molecule has 0 spiro atoms. The Balaban J connectivity index is 0.00000364. The van der Waals surface area contributed by atoms with E-state index in [-0.39, 0.29) is 41.2 Å². The Morgan fingerprint density at radius 2 is 2.04 bits per heavy atom. The number of hydrogen-bond donors (Lipinski definition) is 2. The molecule has 2 aliphatic rings. The zero-order chi connectivity index (χ0) is 18.8. The van der Waals surface area contributed by atoms with Gasteiger partial charge in [-0.2, -0.15) is 11.8 Å². The highest BCUT2D eigenvalue weighted by Gasteiger charge is 2.29. The number of amides is 1. The fraction of sp³-hybridized carbons (Fsp3) is 0.889. The van der Waals surface area contributed by atoms with Crippen molar-refractivity contribution in [2.75, 3.05) is 72.3 Å². The first-order valence-electron chi connectivity index (χ1n) is 9.65. The molecule has 7 nitrogen and oxygen atoms in total. The largest absolute Gasteiger partial charge is 0.379 e. The van der Waals surface area contributed by atoms with E-state index in [0.717, 1.165) is 58.3 Å². The standard InChI is InChI=1S/C18H35N5O2S.HI/c1-18(6-4-13-26-18)15-21-17(20-14-16(24)22(2)3)19-7-5-8-23-9-11-25-12-10-23;/h4-15H2,1-3H3,(H2,19,20,21);1H. The lowest BCUT2D eigenvalue weighted by molar-refractivity contribution is -0.127. The molecule has 0 aromatic rings. The SMILES string of the molecule is CN(C)C(=O)CN=C(NCCCN1CCOCC1)NCC1(C)CCCS1.I. The Labute approximate surface area is 185 Å². The molecule has 0 aromatic carbocycles. The van der Waals surface area contributed by atoms with Crippen LogP contribution in [0.5, 0.6) is 0 Å². The minimum atomic E-state index is 0. The summed E-state index contributed by atoms with van der Waals surface area (Å²) in [7, 11) is 3.52. The summed E-state index contributed by atoms with van der Waals surface area (Å²) < 4.78 is 5.65. The van der Waals surface area contributed by atoms with Crippen LogP contribution in [0.25, 0.3) is 0 Å². The Kier molecular flexibility index (Phi) is 12.0. The fourth-order valence-electron chi connectivity index (χ4n) is 3.04. The maximum atomic E-state index is 11.8. The number of morpholine rings is 1. The summed E-state index contributed by atoms with van der Waals surface area (Å²) in [4.78, 5) is 20.3. The summed E-state index contributed by atoms with van der Waals surface area (Å²) in [6.07, 6.45) is 3.56. The third-order valence-corrected chi connectivity index (χ3v) is 6.39. The molecule has 2 rings (SSSR count). The van der Waals surface area contributed by atoms with Gasteiger partial charge in [-0.1, -0.05) is 0 Å². The molecular weight excluding hydrogens is 477 g/mol. The lowest BCUT2D eigenvalue weighted by Crippen LogP contribution is -2.45. The molecule has 0 aromatic heterocycles. The van der Waals surface area contributed by atoms with E-state index in [1.807, 2.05) is 11.8 Å². The van der Waals surface area contributed by atoms with Gasteiger partial charge in [0.15, 0.2) is 5.96 Å². The number of aliphatic imine (C=N–C) groups is 1. The Morgan fingerprint density at radius 3 is 2.67 bits per heavy atom. The number of carbonyl (C=O) groups is 1. The minimum absolute atomic E-state index is 0. The second-order valence-electron chi connectivity index (χ2n) is 7.44. The zero-order valence-corrected chi connectivity index (χ0v) is 20.1. The predicted molar refractivity (Wildman–Crippen MR) is 124 cm³/mol. The van der Waals surface area contributed by atoms with Gasteiger partial charge in [0.05, 0.1) is 13.2 Å². The van der Waals surface area contributed by atoms with Crippen LogP contribution in [0.15, 0.2) is 4.99 Å². The first-order chi connectivity index (χ1) is 12.5. The monoisotopic (exact) mass is 513 g/mol. The smallest absolute Gasteiger partial charge is 0.243 e. The van der Waals surface area contributed by atoms with Crippen LogP contribution in [0.4, 0.5) is 0 Å². The second-order valence-corrected chi connectivity index (χ2v) is 9.13. The van der Waals surface area contributed by atoms with E-state index in [1.54, 1.807) is 19.0 Å². The Morgan fingerprint density at radius 1 is 1.30 bits per heavy atom. The molecule has 0 aliphatic carbocycles. The highest BCUT2D eigenvalue weighted by atomic mass is 127. The van der Waals surface area contributed by atoms with Crippen molar-refractivity contribution in [1.29, 1.82) is 0 Å². The number of likely N-dealkylation sites (N-methyl/N-ethyl adjacent to an activating group) is 1. The number of ether oxygens (including phenoxy) is 1. The van der Waals surface area contributed by atoms with Crippen LogP contribution in [-0.4, -0.2) is 98.7 Å². The molecule has 0 saturated carbocycles. The van der Waals surface area contributed by atoms with Crippen molar-refractivity contribution in [1.82, 2.24) is 20.4 Å². The summed E-state index contributed by atoms with van der Waals surface area (Å²) >= 11 is 2.02. The Bertz CT molecular complexity index is 467. The van der Waals surface area contributed by atoms with Gasteiger partial charge in [0, 0.05) is 45.0 Å². The molecule has 27 heavy (non-hydrogen) atoms. The molecule has 9 heteroatoms. The molecule has 1 amide bonds. The molecule has 2 aliphatic heterocycles. The number of halogens is 1. The van der Waals surface area contributed by atoms with Gasteiger partial charge in [-0.3, -0.25) is 9.69 Å². The van der Waals surface area contributed by atoms with Gasteiger partial charge in [-0.15, -0.1) is 24.0 Å². The number of thioether (sulfide) groups is 1. The molecule has 1 unspecified atom stereocenters. The van der Waals surface area contributed by atoms with Crippen molar-refractivity contribution in [3.63, 3.8) is 0 Å². The normalized spacial score (nSPS) is 23.6. The molecule has 158 valence electrons. The number of guanidine groups is 1. The van der Waals surface area contributed by atoms with Gasteiger partial charge >= 0.3 is 0 Å². The third-order valence-electron chi connectivity index (χ3n) is 4.85. The van der Waals surface area contributed by atoms with Crippen LogP contribution < -0.4 is 10.6 Å². The van der Waals surface area contributed by atoms with Crippen LogP contribution in [-0.2, 0) is 9.53 Å². The van der Waals surface area contributed by atoms with Crippen molar-refractivity contribution in [3.8, 4) is 0 Å². The van der Waals surface area contributed by atoms with Gasteiger partial charge < -0.3 is 20.3 Å². The molecule has 2 saturated heterocycles. The van der Waals surface area contributed by atoms with Crippen molar-refractivity contribution in [2.45, 2.75) is 30.9 Å². The molecule has 2 fully saturated rings. The maximum absolute atomic E-state index is 11.8. The van der Waals surface area contributed by atoms with Gasteiger partial charge in [0.2, 0.25) is 5.91 Å². The van der Waals surface area contributed by atoms with E-state index >= 15 is 0 Å². The number of rotatable bonds is 8. The highest BCUT2D eigenvalue weighted by molar-refractivity contribution is 14.0. The molecule has 0 bridgehead atoms. The molecule has 2 N–H and O–H groups in total. The van der Waals surface area contributed by atoms with Gasteiger partial charge in [0.25, 0.3) is 0 Å². The zero-order valence-electron chi connectivity index (χ0n) is 17.0. The highest BCUT2D eigenvalue weighted by Crippen LogP contribution is 2.36. The Hall–Kier alpha value is -0.260. The van der Waals surface area contributed by atoms with Crippen molar-refractivity contribution >= 4 is 47.6 Å². The lowest BCUT2D eigenvalue weighted by Gasteiger charge is -2.27. The summed E-state index contributed by atoms with van der Waals surface area (Å²) in [6.45, 7) is 8.99. The lowest BCUT2D eigenvalue weighted by atomic mass is 10.1. The van der Waals surface area contributed by atoms with E-state index in [4.69, 9.17) is 4.74 Å². The number of hydrogen-bond acceptors (Lipinski definition) is 5. The van der Waals surface area contributed by atoms with Crippen LogP contribution in [0.3, 0.4) is 0 Å². The quantitative estimate of drug-likeness (QED) is 0.220. The van der Waals surface area contributed by atoms with Crippen LogP contribution in [0, 0.1) is 0 Å². The van der Waals surface area contributed by atoms with Gasteiger partial charge in [0.1, 0.15) is 6.54 Å². The van der Waals surface area contributed by atoms with Gasteiger partial charge in [-0.05, 0) is 38.5 Å². The number of nitrogens with one attached hydrogen (secondary N) is 2. The van der Waals surface area contributed by atoms with E-state index in [2.05, 4.69) is 27.4 Å². The van der Waals surface area contributed by atoms with Crippen LogP contribution in [0.1, 0.15) is 26.2 Å². The number of nitrogens with zero attached hydrogens (tertiary/aromatic N) is 3. The maximum Gasteiger partial charge on any atom is 0.243 e. The van der Waals surface area contributed by atoms with E-state index in [9.17, 15) is 4.79 Å². The van der Waals surface area contributed by atoms with Crippen LogP contribution in [0.2, 0.25) is 0 Å². The molecule has 0 radical (unpaired) electrons. The van der Waals surface area contributed by atoms with E-state index in [0.29, 0.717) is 0 Å². The topological polar surface area (TPSA) is 69.2 Å². The van der Waals surface area contributed by atoms with Crippen molar-refractivity contribution in [2.24, 2.45) is 4.99 Å². The second kappa shape index (κ2) is 13.1. The van der Waals surface area contributed by atoms with E-state index < -0.39 is 0 Å². The fourth-order valence-corrected chi connectivity index (χ4v) is 4.29. The average molecular weight is 513 g/mol. The summed E-state index contributed by atoms with van der Waals surface area (Å²) in [5, 5.41) is 6.84.